The molecule has 0 aliphatic carbocycles. The van der Waals surface area contributed by atoms with Crippen LogP contribution in [0.5, 0.6) is 0 Å². The number of carbonyl (C=O) groups excluding carboxylic acids is 2. The molecular formula is C18H27N3O2. The second-order valence-corrected chi connectivity index (χ2v) is 6.42. The molecule has 1 aliphatic heterocycles. The Morgan fingerprint density at radius 3 is 2.35 bits per heavy atom. The van der Waals surface area contributed by atoms with E-state index in [1.54, 1.807) is 6.92 Å². The highest BCUT2D eigenvalue weighted by atomic mass is 16.2. The average molecular weight is 317 g/mol. The van der Waals surface area contributed by atoms with E-state index in [0.717, 1.165) is 18.7 Å². The van der Waals surface area contributed by atoms with Gasteiger partial charge in [0, 0.05) is 33.1 Å². The summed E-state index contributed by atoms with van der Waals surface area (Å²) in [5.74, 6) is 0.143. The topological polar surface area (TPSA) is 52.7 Å². The number of piperazine rings is 1. The highest BCUT2D eigenvalue weighted by molar-refractivity contribution is 5.78. The molecule has 1 aromatic rings. The van der Waals surface area contributed by atoms with Crippen LogP contribution < -0.4 is 5.32 Å². The molecule has 0 radical (unpaired) electrons. The molecule has 23 heavy (non-hydrogen) atoms. The first-order valence-corrected chi connectivity index (χ1v) is 8.21. The lowest BCUT2D eigenvalue weighted by Crippen LogP contribution is -2.50. The zero-order chi connectivity index (χ0) is 17.0. The molecule has 0 bridgehead atoms. The van der Waals surface area contributed by atoms with Gasteiger partial charge in [-0.25, -0.2) is 0 Å². The molecule has 126 valence electrons. The normalized spacial score (nSPS) is 17.0. The number of hydrogen-bond donors (Lipinski definition) is 1. The molecule has 5 heteroatoms. The lowest BCUT2D eigenvalue weighted by Gasteiger charge is -2.33. The Hall–Kier alpha value is -1.88. The number of aryl methyl sites for hydroxylation is 2. The summed E-state index contributed by atoms with van der Waals surface area (Å²) in [4.78, 5) is 27.5. The fraction of sp³-hybridized carbons (Fsp3) is 0.556. The van der Waals surface area contributed by atoms with Crippen molar-refractivity contribution in [3.8, 4) is 0 Å². The van der Waals surface area contributed by atoms with E-state index >= 15 is 0 Å². The molecule has 1 heterocycles. The van der Waals surface area contributed by atoms with Crippen LogP contribution in [0.2, 0.25) is 0 Å². The van der Waals surface area contributed by atoms with Crippen molar-refractivity contribution >= 4 is 11.8 Å². The van der Waals surface area contributed by atoms with Crippen LogP contribution in [0.3, 0.4) is 0 Å². The number of hydrogen-bond acceptors (Lipinski definition) is 3. The lowest BCUT2D eigenvalue weighted by atomic mass is 10.0. The van der Waals surface area contributed by atoms with Crippen molar-refractivity contribution < 1.29 is 9.59 Å². The van der Waals surface area contributed by atoms with Crippen LogP contribution >= 0.6 is 0 Å². The minimum atomic E-state index is 0.000286. The highest BCUT2D eigenvalue weighted by Gasteiger charge is 2.21. The van der Waals surface area contributed by atoms with Crippen molar-refractivity contribution in [2.45, 2.75) is 33.7 Å². The molecule has 1 aliphatic rings. The second kappa shape index (κ2) is 7.59. The molecule has 0 saturated carbocycles. The molecule has 0 spiro atoms. The van der Waals surface area contributed by atoms with E-state index in [2.05, 4.69) is 42.3 Å². The van der Waals surface area contributed by atoms with E-state index < -0.39 is 0 Å². The van der Waals surface area contributed by atoms with E-state index in [-0.39, 0.29) is 17.9 Å². The predicted octanol–water partition coefficient (Wildman–Crippen LogP) is 1.64. The number of carbonyl (C=O) groups is 2. The van der Waals surface area contributed by atoms with Gasteiger partial charge in [-0.15, -0.1) is 0 Å². The maximum absolute atomic E-state index is 12.2. The maximum Gasteiger partial charge on any atom is 0.234 e. The molecule has 0 aromatic heterocycles. The first kappa shape index (κ1) is 17.5. The fourth-order valence-electron chi connectivity index (χ4n) is 2.83. The van der Waals surface area contributed by atoms with Crippen molar-refractivity contribution in [1.29, 1.82) is 0 Å². The first-order chi connectivity index (χ1) is 10.9. The molecule has 1 saturated heterocycles. The van der Waals surface area contributed by atoms with Gasteiger partial charge < -0.3 is 10.2 Å². The minimum Gasteiger partial charge on any atom is -0.348 e. The summed E-state index contributed by atoms with van der Waals surface area (Å²) in [6.45, 7) is 11.1. The van der Waals surface area contributed by atoms with Gasteiger partial charge in [0.2, 0.25) is 11.8 Å². The Bertz CT molecular complexity index is 578. The van der Waals surface area contributed by atoms with Crippen LogP contribution in [0.1, 0.15) is 36.6 Å². The van der Waals surface area contributed by atoms with Crippen LogP contribution in [0.25, 0.3) is 0 Å². The van der Waals surface area contributed by atoms with Crippen molar-refractivity contribution in [2.75, 3.05) is 32.7 Å². The largest absolute Gasteiger partial charge is 0.348 e. The van der Waals surface area contributed by atoms with Crippen LogP contribution in [0.15, 0.2) is 18.2 Å². The smallest absolute Gasteiger partial charge is 0.234 e. The summed E-state index contributed by atoms with van der Waals surface area (Å²) in [5.41, 5.74) is 3.63. The van der Waals surface area contributed by atoms with Gasteiger partial charge in [0.1, 0.15) is 0 Å². The highest BCUT2D eigenvalue weighted by Crippen LogP contribution is 2.16. The third-order valence-corrected chi connectivity index (χ3v) is 4.59. The van der Waals surface area contributed by atoms with Gasteiger partial charge in [-0.3, -0.25) is 14.5 Å². The standard InChI is InChI=1S/C18H27N3O2/c1-13-5-6-17(11-14(13)2)15(3)19-18(23)12-20-7-9-21(10-8-20)16(4)22/h5-6,11,15H,7-10,12H2,1-4H3,(H,19,23). The molecule has 2 rings (SSSR count). The van der Waals surface area contributed by atoms with Gasteiger partial charge in [-0.2, -0.15) is 0 Å². The lowest BCUT2D eigenvalue weighted by molar-refractivity contribution is -0.131. The number of nitrogens with one attached hydrogen (secondary N) is 1. The number of amides is 2. The van der Waals surface area contributed by atoms with E-state index in [9.17, 15) is 9.59 Å². The Morgan fingerprint density at radius 2 is 1.78 bits per heavy atom. The number of rotatable bonds is 4. The van der Waals surface area contributed by atoms with E-state index in [1.165, 1.54) is 11.1 Å². The van der Waals surface area contributed by atoms with Gasteiger partial charge in [-0.05, 0) is 37.5 Å². The Kier molecular flexibility index (Phi) is 5.77. The number of nitrogens with zero attached hydrogens (tertiary/aromatic N) is 2. The average Bonchev–Trinajstić information content (AvgIpc) is 2.50. The quantitative estimate of drug-likeness (QED) is 0.918. The van der Waals surface area contributed by atoms with Crippen molar-refractivity contribution in [3.05, 3.63) is 34.9 Å². The molecule has 1 aromatic carbocycles. The summed E-state index contributed by atoms with van der Waals surface area (Å²) in [6.07, 6.45) is 0. The Labute approximate surface area is 138 Å². The van der Waals surface area contributed by atoms with Crippen molar-refractivity contribution in [1.82, 2.24) is 15.1 Å². The molecular weight excluding hydrogens is 290 g/mol. The SMILES string of the molecule is CC(=O)N1CCN(CC(=O)NC(C)c2ccc(C)c(C)c2)CC1. The van der Waals surface area contributed by atoms with Gasteiger partial charge in [0.05, 0.1) is 12.6 Å². The van der Waals surface area contributed by atoms with Crippen molar-refractivity contribution in [3.63, 3.8) is 0 Å². The second-order valence-electron chi connectivity index (χ2n) is 6.42. The maximum atomic E-state index is 12.2. The van der Waals surface area contributed by atoms with Gasteiger partial charge in [-0.1, -0.05) is 18.2 Å². The monoisotopic (exact) mass is 317 g/mol. The van der Waals surface area contributed by atoms with Crippen LogP contribution in [-0.2, 0) is 9.59 Å². The van der Waals surface area contributed by atoms with Gasteiger partial charge >= 0.3 is 0 Å². The molecule has 1 fully saturated rings. The summed E-state index contributed by atoms with van der Waals surface area (Å²) in [7, 11) is 0. The van der Waals surface area contributed by atoms with Crippen LogP contribution in [0.4, 0.5) is 0 Å². The zero-order valence-electron chi connectivity index (χ0n) is 14.6. The number of benzene rings is 1. The molecule has 1 atom stereocenters. The molecule has 1 N–H and O–H groups in total. The first-order valence-electron chi connectivity index (χ1n) is 8.21. The Balaban J connectivity index is 1.82. The van der Waals surface area contributed by atoms with E-state index in [4.69, 9.17) is 0 Å². The van der Waals surface area contributed by atoms with E-state index in [0.29, 0.717) is 19.6 Å². The van der Waals surface area contributed by atoms with Crippen LogP contribution in [-0.4, -0.2) is 54.3 Å². The van der Waals surface area contributed by atoms with E-state index in [1.807, 2.05) is 11.8 Å². The zero-order valence-corrected chi connectivity index (χ0v) is 14.6. The third-order valence-electron chi connectivity index (χ3n) is 4.59. The minimum absolute atomic E-state index is 0.000286. The molecule has 2 amide bonds. The van der Waals surface area contributed by atoms with Gasteiger partial charge in [0.15, 0.2) is 0 Å². The summed E-state index contributed by atoms with van der Waals surface area (Å²) >= 11 is 0. The predicted molar refractivity (Wildman–Crippen MR) is 91.2 cm³/mol. The molecule has 5 nitrogen and oxygen atoms in total. The van der Waals surface area contributed by atoms with Crippen LogP contribution in [0, 0.1) is 13.8 Å². The third kappa shape index (κ3) is 4.79. The Morgan fingerprint density at radius 1 is 1.13 bits per heavy atom. The fourth-order valence-corrected chi connectivity index (χ4v) is 2.83. The molecule has 1 unspecified atom stereocenters. The van der Waals surface area contributed by atoms with Gasteiger partial charge in [0.25, 0.3) is 0 Å². The summed E-state index contributed by atoms with van der Waals surface area (Å²) < 4.78 is 0. The summed E-state index contributed by atoms with van der Waals surface area (Å²) in [6, 6.07) is 6.29. The van der Waals surface area contributed by atoms with Crippen molar-refractivity contribution in [2.24, 2.45) is 0 Å². The summed E-state index contributed by atoms with van der Waals surface area (Å²) in [5, 5.41) is 3.06.